The summed E-state index contributed by atoms with van der Waals surface area (Å²) in [6, 6.07) is 10.9. The van der Waals surface area contributed by atoms with E-state index in [1.807, 2.05) is 18.2 Å². The van der Waals surface area contributed by atoms with Crippen LogP contribution in [0.3, 0.4) is 0 Å². The maximum atomic E-state index is 12.7. The summed E-state index contributed by atoms with van der Waals surface area (Å²) in [7, 11) is 1.46. The van der Waals surface area contributed by atoms with Crippen LogP contribution in [-0.4, -0.2) is 16.0 Å². The van der Waals surface area contributed by atoms with Gasteiger partial charge in [-0.15, -0.1) is 11.3 Å². The topological polar surface area (TPSA) is 109 Å². The minimum atomic E-state index is -0.802. The number of carbonyl (C=O) groups excluding carboxylic acids is 1. The summed E-state index contributed by atoms with van der Waals surface area (Å²) in [5.41, 5.74) is 7.85. The fourth-order valence-electron chi connectivity index (χ4n) is 2.61. The molecule has 130 valence electrons. The fraction of sp³-hybridized carbons (Fsp3) is 0.0588. The number of nitrogens with two attached hydrogens (primary N) is 1. The highest BCUT2D eigenvalue weighted by Gasteiger charge is 2.28. The van der Waals surface area contributed by atoms with Crippen molar-refractivity contribution < 1.29 is 19.1 Å². The van der Waals surface area contributed by atoms with Gasteiger partial charge in [-0.2, -0.15) is 0 Å². The summed E-state index contributed by atoms with van der Waals surface area (Å²) in [4.78, 5) is 18.1. The SMILES string of the molecule is C[n+]1noc([O-])c1C(=O)c1sc2nc(-c3ccc(Cl)cc3)ccc2c1N. The summed E-state index contributed by atoms with van der Waals surface area (Å²) in [5, 5.41) is 16.5. The van der Waals surface area contributed by atoms with Crippen LogP contribution in [0.15, 0.2) is 40.9 Å². The molecule has 0 unspecified atom stereocenters. The quantitative estimate of drug-likeness (QED) is 0.427. The number of halogens is 1. The third-order valence-electron chi connectivity index (χ3n) is 3.92. The molecule has 4 rings (SSSR count). The number of aryl methyl sites for hydroxylation is 1. The number of benzene rings is 1. The number of anilines is 1. The van der Waals surface area contributed by atoms with Gasteiger partial charge in [0, 0.05) is 16.0 Å². The molecule has 0 aliphatic rings. The van der Waals surface area contributed by atoms with Crippen molar-refractivity contribution in [1.82, 2.24) is 10.3 Å². The van der Waals surface area contributed by atoms with E-state index in [4.69, 9.17) is 17.3 Å². The largest absolute Gasteiger partial charge is 0.539 e. The van der Waals surface area contributed by atoms with E-state index in [0.717, 1.165) is 27.3 Å². The van der Waals surface area contributed by atoms with Crippen LogP contribution in [0.4, 0.5) is 5.69 Å². The first-order valence-corrected chi connectivity index (χ1v) is 8.68. The Morgan fingerprint density at radius 1 is 1.27 bits per heavy atom. The molecule has 1 aromatic carbocycles. The Labute approximate surface area is 156 Å². The van der Waals surface area contributed by atoms with Crippen LogP contribution in [0.2, 0.25) is 5.02 Å². The normalized spacial score (nSPS) is 11.2. The van der Waals surface area contributed by atoms with Crippen LogP contribution in [0, 0.1) is 0 Å². The van der Waals surface area contributed by atoms with E-state index >= 15 is 0 Å². The highest BCUT2D eigenvalue weighted by Crippen LogP contribution is 2.35. The van der Waals surface area contributed by atoms with Gasteiger partial charge in [-0.25, -0.2) is 4.98 Å². The standard InChI is InChI=1S/C17H11ClN4O3S/c1-22-13(17(24)25-21-22)14(23)15-12(19)10-6-7-11(20-16(10)26-15)8-2-4-9(18)5-3-8/h2-7H,1H3,(H2-,19,21,23,24). The van der Waals surface area contributed by atoms with Gasteiger partial charge in [0.1, 0.15) is 9.71 Å². The second-order valence-corrected chi connectivity index (χ2v) is 7.00. The molecule has 2 N–H and O–H groups in total. The van der Waals surface area contributed by atoms with Crippen molar-refractivity contribution in [2.75, 3.05) is 5.73 Å². The molecule has 26 heavy (non-hydrogen) atoms. The third-order valence-corrected chi connectivity index (χ3v) is 5.28. The Balaban J connectivity index is 1.82. The number of rotatable bonds is 3. The molecule has 0 fully saturated rings. The summed E-state index contributed by atoms with van der Waals surface area (Å²) in [6.45, 7) is 0. The number of pyridine rings is 1. The van der Waals surface area contributed by atoms with Crippen LogP contribution in [0.1, 0.15) is 15.4 Å². The highest BCUT2D eigenvalue weighted by atomic mass is 35.5. The number of nitrogen functional groups attached to an aromatic ring is 1. The van der Waals surface area contributed by atoms with Crippen LogP contribution in [-0.2, 0) is 7.05 Å². The molecule has 0 spiro atoms. The number of ketones is 1. The Morgan fingerprint density at radius 2 is 2.00 bits per heavy atom. The maximum absolute atomic E-state index is 12.7. The molecule has 0 atom stereocenters. The van der Waals surface area contributed by atoms with Gasteiger partial charge in [0.15, 0.2) is 13.0 Å². The van der Waals surface area contributed by atoms with Crippen LogP contribution in [0.5, 0.6) is 5.95 Å². The first kappa shape index (κ1) is 16.5. The van der Waals surface area contributed by atoms with Gasteiger partial charge in [-0.05, 0) is 24.3 Å². The number of thiophene rings is 1. The van der Waals surface area contributed by atoms with Gasteiger partial charge in [0.2, 0.25) is 0 Å². The molecule has 0 radical (unpaired) electrons. The molecular weight excluding hydrogens is 376 g/mol. The van der Waals surface area contributed by atoms with Gasteiger partial charge < -0.3 is 15.4 Å². The maximum Gasteiger partial charge on any atom is 0.305 e. The summed E-state index contributed by atoms with van der Waals surface area (Å²) in [5.74, 6) is -1.34. The van der Waals surface area contributed by atoms with E-state index in [0.29, 0.717) is 15.2 Å². The van der Waals surface area contributed by atoms with E-state index in [9.17, 15) is 9.90 Å². The minimum absolute atomic E-state index is 0.179. The van der Waals surface area contributed by atoms with Crippen molar-refractivity contribution in [3.8, 4) is 17.2 Å². The van der Waals surface area contributed by atoms with Gasteiger partial charge in [-0.1, -0.05) is 28.4 Å². The van der Waals surface area contributed by atoms with E-state index < -0.39 is 11.7 Å². The average molecular weight is 387 g/mol. The fourth-order valence-corrected chi connectivity index (χ4v) is 3.77. The molecule has 0 aliphatic heterocycles. The first-order chi connectivity index (χ1) is 12.5. The van der Waals surface area contributed by atoms with Crippen LogP contribution in [0.25, 0.3) is 21.5 Å². The zero-order valence-corrected chi connectivity index (χ0v) is 15.0. The van der Waals surface area contributed by atoms with Gasteiger partial charge >= 0.3 is 5.69 Å². The molecule has 0 saturated carbocycles. The molecule has 4 aromatic rings. The van der Waals surface area contributed by atoms with Crippen molar-refractivity contribution in [2.24, 2.45) is 7.05 Å². The van der Waals surface area contributed by atoms with E-state index in [1.165, 1.54) is 7.05 Å². The van der Waals surface area contributed by atoms with E-state index in [1.54, 1.807) is 18.2 Å². The molecule has 3 aromatic heterocycles. The number of nitrogens with zero attached hydrogens (tertiary/aromatic N) is 3. The minimum Gasteiger partial charge on any atom is -0.539 e. The second-order valence-electron chi connectivity index (χ2n) is 5.56. The Bertz CT molecular complexity index is 1130. The summed E-state index contributed by atoms with van der Waals surface area (Å²) in [6.07, 6.45) is 0. The summed E-state index contributed by atoms with van der Waals surface area (Å²) >= 11 is 7.04. The summed E-state index contributed by atoms with van der Waals surface area (Å²) < 4.78 is 5.61. The molecule has 0 saturated heterocycles. The van der Waals surface area contributed by atoms with Gasteiger partial charge in [-0.3, -0.25) is 4.79 Å². The number of hydrogen-bond donors (Lipinski definition) is 1. The third kappa shape index (κ3) is 2.59. The van der Waals surface area contributed by atoms with Crippen molar-refractivity contribution in [3.63, 3.8) is 0 Å². The highest BCUT2D eigenvalue weighted by molar-refractivity contribution is 7.21. The number of fused-ring (bicyclic) bond motifs is 1. The molecular formula is C17H11ClN4O3S. The smallest absolute Gasteiger partial charge is 0.305 e. The zero-order valence-electron chi connectivity index (χ0n) is 13.4. The van der Waals surface area contributed by atoms with Gasteiger partial charge in [0.05, 0.1) is 16.7 Å². The Hall–Kier alpha value is -2.97. The first-order valence-electron chi connectivity index (χ1n) is 7.48. The molecule has 9 heteroatoms. The van der Waals surface area contributed by atoms with E-state index in [-0.39, 0.29) is 16.3 Å². The Morgan fingerprint density at radius 3 is 2.65 bits per heavy atom. The lowest BCUT2D eigenvalue weighted by Crippen LogP contribution is -2.37. The second kappa shape index (κ2) is 6.08. The number of carbonyl (C=O) groups is 1. The molecule has 0 bridgehead atoms. The predicted molar refractivity (Wildman–Crippen MR) is 95.0 cm³/mol. The average Bonchev–Trinajstić information content (AvgIpc) is 3.14. The zero-order chi connectivity index (χ0) is 18.4. The lowest BCUT2D eigenvalue weighted by atomic mass is 10.1. The van der Waals surface area contributed by atoms with Crippen molar-refractivity contribution >= 4 is 44.6 Å². The van der Waals surface area contributed by atoms with E-state index in [2.05, 4.69) is 14.8 Å². The van der Waals surface area contributed by atoms with Gasteiger partial charge in [0.25, 0.3) is 5.78 Å². The number of hydrogen-bond acceptors (Lipinski definition) is 7. The molecule has 0 aliphatic carbocycles. The monoisotopic (exact) mass is 386 g/mol. The lowest BCUT2D eigenvalue weighted by molar-refractivity contribution is -0.741. The molecule has 3 heterocycles. The lowest BCUT2D eigenvalue weighted by Gasteiger charge is -2.01. The van der Waals surface area contributed by atoms with Crippen LogP contribution >= 0.6 is 22.9 Å². The molecule has 0 amide bonds. The van der Waals surface area contributed by atoms with Crippen molar-refractivity contribution in [2.45, 2.75) is 0 Å². The predicted octanol–water partition coefficient (Wildman–Crippen LogP) is 2.32. The molecule has 7 nitrogen and oxygen atoms in total. The Kier molecular flexibility index (Phi) is 3.86. The number of aromatic nitrogens is 3. The van der Waals surface area contributed by atoms with Crippen molar-refractivity contribution in [3.05, 3.63) is 52.0 Å². The van der Waals surface area contributed by atoms with Crippen LogP contribution < -0.4 is 15.5 Å². The van der Waals surface area contributed by atoms with Crippen molar-refractivity contribution in [1.29, 1.82) is 0 Å².